The van der Waals surface area contributed by atoms with Gasteiger partial charge in [0, 0.05) is 26.2 Å². The van der Waals surface area contributed by atoms with Crippen LogP contribution in [-0.4, -0.2) is 48.5 Å². The lowest BCUT2D eigenvalue weighted by atomic mass is 10.0. The SMILES string of the molecule is CC(C)c1ccc(CN(CC(O)COc2ccc(F)cc2)CC2CCCO2)cc1. The second-order valence-corrected chi connectivity index (χ2v) is 8.14. The van der Waals surface area contributed by atoms with Gasteiger partial charge in [-0.15, -0.1) is 0 Å². The van der Waals surface area contributed by atoms with Gasteiger partial charge in [-0.25, -0.2) is 4.39 Å². The zero-order valence-corrected chi connectivity index (χ0v) is 17.4. The third-order valence-electron chi connectivity index (χ3n) is 5.26. The molecule has 2 aromatic rings. The number of hydrogen-bond acceptors (Lipinski definition) is 4. The van der Waals surface area contributed by atoms with Crippen LogP contribution in [0.25, 0.3) is 0 Å². The molecule has 158 valence electrons. The normalized spacial score (nSPS) is 17.8. The molecule has 3 rings (SSSR count). The molecule has 1 aliphatic heterocycles. The number of halogens is 1. The maximum atomic E-state index is 13.0. The minimum Gasteiger partial charge on any atom is -0.491 e. The fourth-order valence-electron chi connectivity index (χ4n) is 3.62. The van der Waals surface area contributed by atoms with Crippen LogP contribution in [0, 0.1) is 5.82 Å². The topological polar surface area (TPSA) is 41.9 Å². The van der Waals surface area contributed by atoms with Crippen molar-refractivity contribution in [1.82, 2.24) is 4.90 Å². The number of ether oxygens (including phenoxy) is 2. The minimum absolute atomic E-state index is 0.167. The van der Waals surface area contributed by atoms with E-state index < -0.39 is 6.10 Å². The smallest absolute Gasteiger partial charge is 0.123 e. The van der Waals surface area contributed by atoms with Gasteiger partial charge in [0.15, 0.2) is 0 Å². The van der Waals surface area contributed by atoms with Crippen molar-refractivity contribution in [2.45, 2.75) is 51.4 Å². The molecule has 0 saturated carbocycles. The van der Waals surface area contributed by atoms with Crippen LogP contribution in [0.3, 0.4) is 0 Å². The summed E-state index contributed by atoms with van der Waals surface area (Å²) >= 11 is 0. The Kier molecular flexibility index (Phi) is 8.04. The van der Waals surface area contributed by atoms with E-state index in [2.05, 4.69) is 43.0 Å². The van der Waals surface area contributed by atoms with Gasteiger partial charge in [-0.1, -0.05) is 38.1 Å². The van der Waals surface area contributed by atoms with E-state index in [0.29, 0.717) is 18.2 Å². The molecule has 0 aliphatic carbocycles. The Balaban J connectivity index is 1.57. The molecule has 2 atom stereocenters. The molecule has 29 heavy (non-hydrogen) atoms. The van der Waals surface area contributed by atoms with Crippen molar-refractivity contribution in [1.29, 1.82) is 0 Å². The lowest BCUT2D eigenvalue weighted by Crippen LogP contribution is -2.39. The summed E-state index contributed by atoms with van der Waals surface area (Å²) < 4.78 is 24.4. The third-order valence-corrected chi connectivity index (χ3v) is 5.26. The van der Waals surface area contributed by atoms with E-state index in [1.165, 1.54) is 23.3 Å². The van der Waals surface area contributed by atoms with Gasteiger partial charge in [-0.05, 0) is 54.2 Å². The highest BCUT2D eigenvalue weighted by atomic mass is 19.1. The molecule has 1 fully saturated rings. The third kappa shape index (κ3) is 7.11. The molecule has 1 aliphatic rings. The Bertz CT molecular complexity index is 727. The fourth-order valence-corrected chi connectivity index (χ4v) is 3.62. The Labute approximate surface area is 173 Å². The maximum absolute atomic E-state index is 13.0. The first-order valence-electron chi connectivity index (χ1n) is 10.5. The number of benzene rings is 2. The van der Waals surface area contributed by atoms with Gasteiger partial charge in [-0.3, -0.25) is 4.90 Å². The Hall–Kier alpha value is -1.95. The molecule has 1 N–H and O–H groups in total. The summed E-state index contributed by atoms with van der Waals surface area (Å²) in [6.07, 6.45) is 1.73. The van der Waals surface area contributed by atoms with Crippen LogP contribution >= 0.6 is 0 Å². The first-order valence-corrected chi connectivity index (χ1v) is 10.5. The molecular formula is C24H32FNO3. The van der Waals surface area contributed by atoms with E-state index in [9.17, 15) is 9.50 Å². The van der Waals surface area contributed by atoms with Crippen molar-refractivity contribution in [3.05, 3.63) is 65.5 Å². The van der Waals surface area contributed by atoms with Crippen molar-refractivity contribution in [3.8, 4) is 5.75 Å². The predicted octanol–water partition coefficient (Wildman–Crippen LogP) is 4.37. The summed E-state index contributed by atoms with van der Waals surface area (Å²) in [4.78, 5) is 2.24. The minimum atomic E-state index is -0.642. The first-order chi connectivity index (χ1) is 14.0. The number of aliphatic hydroxyl groups is 1. The number of hydrogen-bond donors (Lipinski definition) is 1. The number of rotatable bonds is 10. The van der Waals surface area contributed by atoms with E-state index in [0.717, 1.165) is 32.5 Å². The molecule has 1 heterocycles. The van der Waals surface area contributed by atoms with Gasteiger partial charge < -0.3 is 14.6 Å². The quantitative estimate of drug-likeness (QED) is 0.642. The van der Waals surface area contributed by atoms with Gasteiger partial charge in [-0.2, -0.15) is 0 Å². The zero-order valence-electron chi connectivity index (χ0n) is 17.4. The van der Waals surface area contributed by atoms with Crippen LogP contribution in [0.15, 0.2) is 48.5 Å². The Morgan fingerprint density at radius 1 is 1.14 bits per heavy atom. The molecule has 0 spiro atoms. The van der Waals surface area contributed by atoms with Gasteiger partial charge in [0.05, 0.1) is 6.10 Å². The van der Waals surface area contributed by atoms with Crippen LogP contribution in [-0.2, 0) is 11.3 Å². The van der Waals surface area contributed by atoms with Gasteiger partial charge >= 0.3 is 0 Å². The highest BCUT2D eigenvalue weighted by molar-refractivity contribution is 5.25. The van der Waals surface area contributed by atoms with E-state index in [-0.39, 0.29) is 18.5 Å². The maximum Gasteiger partial charge on any atom is 0.123 e. The number of aliphatic hydroxyl groups excluding tert-OH is 1. The molecule has 0 bridgehead atoms. The molecule has 0 aromatic heterocycles. The number of nitrogens with zero attached hydrogens (tertiary/aromatic N) is 1. The summed E-state index contributed by atoms with van der Waals surface area (Å²) in [7, 11) is 0. The highest BCUT2D eigenvalue weighted by Crippen LogP contribution is 2.18. The van der Waals surface area contributed by atoms with E-state index >= 15 is 0 Å². The van der Waals surface area contributed by atoms with Crippen LogP contribution in [0.4, 0.5) is 4.39 Å². The van der Waals surface area contributed by atoms with Crippen LogP contribution in [0.5, 0.6) is 5.75 Å². The van der Waals surface area contributed by atoms with Crippen molar-refractivity contribution in [2.24, 2.45) is 0 Å². The average molecular weight is 402 g/mol. The lowest BCUT2D eigenvalue weighted by Gasteiger charge is -2.27. The molecule has 5 heteroatoms. The zero-order chi connectivity index (χ0) is 20.6. The van der Waals surface area contributed by atoms with Crippen molar-refractivity contribution in [2.75, 3.05) is 26.3 Å². The first kappa shape index (κ1) is 21.8. The van der Waals surface area contributed by atoms with E-state index in [4.69, 9.17) is 9.47 Å². The summed E-state index contributed by atoms with van der Waals surface area (Å²) in [6, 6.07) is 14.5. The van der Waals surface area contributed by atoms with E-state index in [1.54, 1.807) is 12.1 Å². The highest BCUT2D eigenvalue weighted by Gasteiger charge is 2.21. The molecule has 2 unspecified atom stereocenters. The Morgan fingerprint density at radius 3 is 2.48 bits per heavy atom. The summed E-state index contributed by atoms with van der Waals surface area (Å²) in [6.45, 7) is 7.41. The monoisotopic (exact) mass is 401 g/mol. The predicted molar refractivity (Wildman–Crippen MR) is 113 cm³/mol. The van der Waals surface area contributed by atoms with Crippen molar-refractivity contribution in [3.63, 3.8) is 0 Å². The fraction of sp³-hybridized carbons (Fsp3) is 0.500. The lowest BCUT2D eigenvalue weighted by molar-refractivity contribution is 0.0313. The average Bonchev–Trinajstić information content (AvgIpc) is 3.21. The Morgan fingerprint density at radius 2 is 1.86 bits per heavy atom. The van der Waals surface area contributed by atoms with Crippen molar-refractivity contribution < 1.29 is 19.0 Å². The van der Waals surface area contributed by atoms with Crippen LogP contribution in [0.2, 0.25) is 0 Å². The molecule has 4 nitrogen and oxygen atoms in total. The molecule has 2 aromatic carbocycles. The molecule has 0 amide bonds. The second-order valence-electron chi connectivity index (χ2n) is 8.14. The largest absolute Gasteiger partial charge is 0.491 e. The van der Waals surface area contributed by atoms with E-state index in [1.807, 2.05) is 0 Å². The molecule has 0 radical (unpaired) electrons. The van der Waals surface area contributed by atoms with Gasteiger partial charge in [0.1, 0.15) is 24.3 Å². The summed E-state index contributed by atoms with van der Waals surface area (Å²) in [5, 5.41) is 10.5. The molecule has 1 saturated heterocycles. The summed E-state index contributed by atoms with van der Waals surface area (Å²) in [5.41, 5.74) is 2.55. The van der Waals surface area contributed by atoms with Crippen molar-refractivity contribution >= 4 is 0 Å². The standard InChI is InChI=1S/C24H32FNO3/c1-18(2)20-7-5-19(6-8-20)14-26(16-24-4-3-13-28-24)15-22(27)17-29-23-11-9-21(25)10-12-23/h5-12,18,22,24,27H,3-4,13-17H2,1-2H3. The van der Waals surface area contributed by atoms with Gasteiger partial charge in [0.2, 0.25) is 0 Å². The van der Waals surface area contributed by atoms with Crippen LogP contribution in [0.1, 0.15) is 43.7 Å². The molecular weight excluding hydrogens is 369 g/mol. The van der Waals surface area contributed by atoms with Gasteiger partial charge in [0.25, 0.3) is 0 Å². The summed E-state index contributed by atoms with van der Waals surface area (Å²) in [5.74, 6) is 0.766. The van der Waals surface area contributed by atoms with Crippen LogP contribution < -0.4 is 4.74 Å². The second kappa shape index (κ2) is 10.7.